The monoisotopic (exact) mass is 480 g/mol. The lowest BCUT2D eigenvalue weighted by Gasteiger charge is -2.41. The van der Waals surface area contributed by atoms with Crippen LogP contribution in [0.25, 0.3) is 0 Å². The van der Waals surface area contributed by atoms with Gasteiger partial charge in [-0.05, 0) is 59.2 Å². The highest BCUT2D eigenvalue weighted by atomic mass is 16.7. The van der Waals surface area contributed by atoms with Crippen LogP contribution in [0.2, 0.25) is 0 Å². The quantitative estimate of drug-likeness (QED) is 0.203. The average Bonchev–Trinajstić information content (AvgIpc) is 3.33. The molecule has 0 aromatic carbocycles. The third kappa shape index (κ3) is 6.87. The van der Waals surface area contributed by atoms with Gasteiger partial charge in [-0.3, -0.25) is 30.1 Å². The van der Waals surface area contributed by atoms with Crippen molar-refractivity contribution in [1.82, 2.24) is 42.5 Å². The molecule has 0 bridgehead atoms. The molecule has 4 rings (SSSR count). The molecule has 0 aromatic heterocycles. The number of hydrogen-bond donors (Lipinski definition) is 7. The summed E-state index contributed by atoms with van der Waals surface area (Å²) in [5, 5.41) is 13.6. The van der Waals surface area contributed by atoms with Crippen molar-refractivity contribution in [3.05, 3.63) is 0 Å². The number of carbonyl (C=O) groups is 2. The van der Waals surface area contributed by atoms with E-state index in [0.717, 1.165) is 51.6 Å². The fourth-order valence-electron chi connectivity index (χ4n) is 5.75. The van der Waals surface area contributed by atoms with Crippen molar-refractivity contribution in [2.45, 2.75) is 82.5 Å². The van der Waals surface area contributed by atoms with E-state index in [-0.39, 0.29) is 36.3 Å². The first-order chi connectivity index (χ1) is 16.5. The molecule has 7 N–H and O–H groups in total. The number of fused-ring (bicyclic) bond motifs is 1. The van der Waals surface area contributed by atoms with E-state index in [4.69, 9.17) is 4.84 Å². The van der Waals surface area contributed by atoms with Gasteiger partial charge in [0, 0.05) is 37.3 Å². The van der Waals surface area contributed by atoms with Crippen LogP contribution < -0.4 is 37.6 Å². The Kier molecular flexibility index (Phi) is 9.52. The fraction of sp³-hybridized carbons (Fsp3) is 0.913. The number of amides is 2. The third-order valence-electron chi connectivity index (χ3n) is 7.83. The van der Waals surface area contributed by atoms with Crippen LogP contribution in [0.3, 0.4) is 0 Å². The van der Waals surface area contributed by atoms with Crippen molar-refractivity contribution in [1.29, 1.82) is 0 Å². The van der Waals surface area contributed by atoms with Crippen molar-refractivity contribution >= 4 is 11.8 Å². The largest absolute Gasteiger partial charge is 0.356 e. The highest BCUT2D eigenvalue weighted by molar-refractivity contribution is 5.79. The maximum absolute atomic E-state index is 12.3. The lowest BCUT2D eigenvalue weighted by Crippen LogP contribution is -2.64. The van der Waals surface area contributed by atoms with Gasteiger partial charge < -0.3 is 16.0 Å². The molecule has 7 atom stereocenters. The molecule has 3 heterocycles. The van der Waals surface area contributed by atoms with E-state index in [1.54, 1.807) is 0 Å². The molecule has 1 aliphatic carbocycles. The number of hydroxylamine groups is 1. The van der Waals surface area contributed by atoms with Gasteiger partial charge in [-0.1, -0.05) is 12.8 Å². The Bertz CT molecular complexity index is 673. The summed E-state index contributed by atoms with van der Waals surface area (Å²) < 4.78 is 0. The molecule has 194 valence electrons. The molecular formula is C23H44N8O3. The lowest BCUT2D eigenvalue weighted by atomic mass is 9.76. The van der Waals surface area contributed by atoms with E-state index >= 15 is 0 Å². The van der Waals surface area contributed by atoms with Crippen molar-refractivity contribution in [2.24, 2.45) is 17.8 Å². The van der Waals surface area contributed by atoms with Crippen LogP contribution in [0.15, 0.2) is 0 Å². The summed E-state index contributed by atoms with van der Waals surface area (Å²) in [7, 11) is 4.20. The first-order valence-electron chi connectivity index (χ1n) is 13.1. The zero-order valence-corrected chi connectivity index (χ0v) is 20.7. The van der Waals surface area contributed by atoms with Crippen LogP contribution in [-0.2, 0) is 14.4 Å². The predicted molar refractivity (Wildman–Crippen MR) is 129 cm³/mol. The highest BCUT2D eigenvalue weighted by Crippen LogP contribution is 2.33. The molecule has 2 amide bonds. The number of nitrogens with zero attached hydrogens (tertiary/aromatic N) is 1. The van der Waals surface area contributed by atoms with Crippen molar-refractivity contribution in [3.8, 4) is 0 Å². The van der Waals surface area contributed by atoms with E-state index in [0.29, 0.717) is 37.4 Å². The molecular weight excluding hydrogens is 436 g/mol. The van der Waals surface area contributed by atoms with Gasteiger partial charge in [0.1, 0.15) is 6.23 Å². The number of carbonyl (C=O) groups excluding carboxylic acids is 2. The minimum atomic E-state index is -0.139. The normalized spacial score (nSPS) is 36.2. The molecule has 7 unspecified atom stereocenters. The molecule has 4 aliphatic rings. The topological polar surface area (TPSA) is 131 Å². The Morgan fingerprint density at radius 1 is 1.15 bits per heavy atom. The number of hydrogen-bond acceptors (Lipinski definition) is 9. The number of rotatable bonds is 10. The first-order valence-corrected chi connectivity index (χ1v) is 13.1. The van der Waals surface area contributed by atoms with E-state index < -0.39 is 0 Å². The Balaban J connectivity index is 1.04. The second kappa shape index (κ2) is 12.6. The predicted octanol–water partition coefficient (Wildman–Crippen LogP) is -0.707. The molecule has 0 aromatic rings. The minimum absolute atomic E-state index is 0.0532. The summed E-state index contributed by atoms with van der Waals surface area (Å²) in [4.78, 5) is 32.2. The number of piperidine rings is 1. The van der Waals surface area contributed by atoms with E-state index in [1.807, 2.05) is 0 Å². The lowest BCUT2D eigenvalue weighted by molar-refractivity contribution is -0.134. The molecule has 11 heteroatoms. The van der Waals surface area contributed by atoms with Crippen LogP contribution >= 0.6 is 0 Å². The van der Waals surface area contributed by atoms with Gasteiger partial charge in [0.25, 0.3) is 0 Å². The van der Waals surface area contributed by atoms with Gasteiger partial charge in [-0.25, -0.2) is 5.43 Å². The minimum Gasteiger partial charge on any atom is -0.356 e. The van der Waals surface area contributed by atoms with E-state index in [1.165, 1.54) is 6.42 Å². The zero-order chi connectivity index (χ0) is 23.9. The maximum Gasteiger partial charge on any atom is 0.237 e. The van der Waals surface area contributed by atoms with Gasteiger partial charge in [0.15, 0.2) is 0 Å². The van der Waals surface area contributed by atoms with Gasteiger partial charge in [-0.15, -0.1) is 0 Å². The average molecular weight is 481 g/mol. The van der Waals surface area contributed by atoms with Gasteiger partial charge in [-0.2, -0.15) is 5.48 Å². The van der Waals surface area contributed by atoms with Gasteiger partial charge in [0.2, 0.25) is 11.8 Å². The summed E-state index contributed by atoms with van der Waals surface area (Å²) in [5.41, 5.74) is 9.06. The first kappa shape index (κ1) is 25.7. The summed E-state index contributed by atoms with van der Waals surface area (Å²) in [6.45, 7) is 2.38. The smallest absolute Gasteiger partial charge is 0.237 e. The molecule has 34 heavy (non-hydrogen) atoms. The maximum atomic E-state index is 12.3. The van der Waals surface area contributed by atoms with Crippen LogP contribution in [-0.4, -0.2) is 75.2 Å². The van der Waals surface area contributed by atoms with Crippen LogP contribution in [0.4, 0.5) is 0 Å². The third-order valence-corrected chi connectivity index (χ3v) is 7.83. The molecule has 0 radical (unpaired) electrons. The Morgan fingerprint density at radius 2 is 2.00 bits per heavy atom. The van der Waals surface area contributed by atoms with Crippen LogP contribution in [0.5, 0.6) is 0 Å². The van der Waals surface area contributed by atoms with Crippen molar-refractivity contribution < 1.29 is 14.4 Å². The second-order valence-electron chi connectivity index (χ2n) is 10.5. The molecule has 4 fully saturated rings. The Morgan fingerprint density at radius 3 is 2.79 bits per heavy atom. The Labute approximate surface area is 203 Å². The number of nitrogens with one attached hydrogen (secondary N) is 7. The van der Waals surface area contributed by atoms with Gasteiger partial charge in [0.05, 0.1) is 18.5 Å². The standard InChI is InChI=1S/C23H44N8O3/c1-31(2)18-9-8-15(14-26-18)21-27-20(34-30-21)11-10-19(32)24-12-5-13-25-22-16-6-3-4-7-17(16)23(33)29-28-22/h15-18,20-22,25-28,30H,3-14H2,1-2H3,(H,24,32)(H,29,33). The second-order valence-corrected chi connectivity index (χ2v) is 10.5. The van der Waals surface area contributed by atoms with E-state index in [9.17, 15) is 9.59 Å². The summed E-state index contributed by atoms with van der Waals surface area (Å²) in [5.74, 6) is 1.13. The van der Waals surface area contributed by atoms with Crippen molar-refractivity contribution in [2.75, 3.05) is 33.7 Å². The Hall–Kier alpha value is -1.34. The molecule has 0 spiro atoms. The van der Waals surface area contributed by atoms with E-state index in [2.05, 4.69) is 56.6 Å². The molecule has 1 saturated carbocycles. The van der Waals surface area contributed by atoms with Crippen LogP contribution in [0.1, 0.15) is 57.8 Å². The molecule has 3 saturated heterocycles. The molecule has 3 aliphatic heterocycles. The summed E-state index contributed by atoms with van der Waals surface area (Å²) in [6.07, 6.45) is 9.10. The highest BCUT2D eigenvalue weighted by Gasteiger charge is 2.39. The zero-order valence-electron chi connectivity index (χ0n) is 20.7. The van der Waals surface area contributed by atoms with Crippen LogP contribution in [0, 0.1) is 17.8 Å². The number of hydrazine groups is 1. The van der Waals surface area contributed by atoms with Gasteiger partial charge >= 0.3 is 0 Å². The fourth-order valence-corrected chi connectivity index (χ4v) is 5.75. The molecule has 11 nitrogen and oxygen atoms in total. The summed E-state index contributed by atoms with van der Waals surface area (Å²) >= 11 is 0. The summed E-state index contributed by atoms with van der Waals surface area (Å²) in [6, 6.07) is 0. The van der Waals surface area contributed by atoms with Crippen molar-refractivity contribution in [3.63, 3.8) is 0 Å². The SMILES string of the molecule is CN(C)C1CCC(C2NOC(CCC(=O)NCCCNC3NNC(=O)C4CCCCC34)N2)CN1.